The SMILES string of the molecule is CC(O)(Cl)C1CC(=O)OC1=O. The Kier molecular flexibility index (Phi) is 1.90. The summed E-state index contributed by atoms with van der Waals surface area (Å²) in [5.41, 5.74) is 0. The van der Waals surface area contributed by atoms with Gasteiger partial charge in [0.25, 0.3) is 0 Å². The maximum absolute atomic E-state index is 10.7. The van der Waals surface area contributed by atoms with E-state index in [9.17, 15) is 9.59 Å². The number of esters is 2. The number of alkyl halides is 1. The van der Waals surface area contributed by atoms with Crippen molar-refractivity contribution in [3.05, 3.63) is 0 Å². The molecule has 1 heterocycles. The normalized spacial score (nSPS) is 29.9. The van der Waals surface area contributed by atoms with Crippen LogP contribution in [0.4, 0.5) is 0 Å². The Morgan fingerprint density at radius 2 is 2.27 bits per heavy atom. The van der Waals surface area contributed by atoms with Crippen LogP contribution in [0.15, 0.2) is 0 Å². The van der Waals surface area contributed by atoms with Crippen molar-refractivity contribution in [1.82, 2.24) is 0 Å². The van der Waals surface area contributed by atoms with E-state index < -0.39 is 22.9 Å². The van der Waals surface area contributed by atoms with E-state index in [4.69, 9.17) is 16.7 Å². The van der Waals surface area contributed by atoms with Gasteiger partial charge in [0.2, 0.25) is 0 Å². The highest BCUT2D eigenvalue weighted by molar-refractivity contribution is 6.24. The van der Waals surface area contributed by atoms with Crippen LogP contribution in [0.1, 0.15) is 13.3 Å². The molecule has 2 unspecified atom stereocenters. The predicted molar refractivity (Wildman–Crippen MR) is 35.7 cm³/mol. The first-order valence-corrected chi connectivity index (χ1v) is 3.45. The Balaban J connectivity index is 2.76. The van der Waals surface area contributed by atoms with Gasteiger partial charge in [-0.2, -0.15) is 0 Å². The molecule has 5 heteroatoms. The molecule has 1 rings (SSSR count). The molecule has 0 radical (unpaired) electrons. The summed E-state index contributed by atoms with van der Waals surface area (Å²) in [5, 5.41) is 7.43. The van der Waals surface area contributed by atoms with Crippen molar-refractivity contribution < 1.29 is 19.4 Å². The maximum Gasteiger partial charge on any atom is 0.321 e. The molecule has 11 heavy (non-hydrogen) atoms. The molecule has 62 valence electrons. The van der Waals surface area contributed by atoms with Gasteiger partial charge in [-0.3, -0.25) is 9.59 Å². The molecule has 0 saturated carbocycles. The van der Waals surface area contributed by atoms with Gasteiger partial charge < -0.3 is 9.84 Å². The fraction of sp³-hybridized carbons (Fsp3) is 0.667. The molecule has 0 amide bonds. The number of aliphatic hydroxyl groups is 1. The molecular weight excluding hydrogens is 172 g/mol. The van der Waals surface area contributed by atoms with Gasteiger partial charge in [-0.1, -0.05) is 11.6 Å². The molecule has 0 spiro atoms. The van der Waals surface area contributed by atoms with Crippen LogP contribution in [0.2, 0.25) is 0 Å². The molecule has 4 nitrogen and oxygen atoms in total. The zero-order valence-corrected chi connectivity index (χ0v) is 6.59. The highest BCUT2D eigenvalue weighted by Crippen LogP contribution is 2.30. The number of rotatable bonds is 1. The van der Waals surface area contributed by atoms with Gasteiger partial charge in [0, 0.05) is 0 Å². The fourth-order valence-corrected chi connectivity index (χ4v) is 1.04. The van der Waals surface area contributed by atoms with Crippen molar-refractivity contribution in [2.45, 2.75) is 18.4 Å². The van der Waals surface area contributed by atoms with Crippen molar-refractivity contribution in [1.29, 1.82) is 0 Å². The molecular formula is C6H7ClO4. The number of hydrogen-bond acceptors (Lipinski definition) is 4. The molecule has 1 fully saturated rings. The molecule has 1 aliphatic heterocycles. The topological polar surface area (TPSA) is 63.6 Å². The van der Waals surface area contributed by atoms with E-state index in [1.165, 1.54) is 6.92 Å². The minimum atomic E-state index is -1.69. The van der Waals surface area contributed by atoms with Crippen molar-refractivity contribution in [3.8, 4) is 0 Å². The van der Waals surface area contributed by atoms with Crippen LogP contribution in [-0.4, -0.2) is 22.1 Å². The van der Waals surface area contributed by atoms with Crippen LogP contribution < -0.4 is 0 Å². The second kappa shape index (κ2) is 2.46. The first-order chi connectivity index (χ1) is 4.91. The third-order valence-corrected chi connectivity index (χ3v) is 1.77. The van der Waals surface area contributed by atoms with Gasteiger partial charge in [-0.05, 0) is 6.92 Å². The van der Waals surface area contributed by atoms with Crippen molar-refractivity contribution in [3.63, 3.8) is 0 Å². The highest BCUT2D eigenvalue weighted by atomic mass is 35.5. The highest BCUT2D eigenvalue weighted by Gasteiger charge is 2.44. The van der Waals surface area contributed by atoms with E-state index >= 15 is 0 Å². The zero-order valence-electron chi connectivity index (χ0n) is 5.83. The molecule has 1 N–H and O–H groups in total. The molecule has 1 saturated heterocycles. The monoisotopic (exact) mass is 178 g/mol. The van der Waals surface area contributed by atoms with Crippen LogP contribution in [0.3, 0.4) is 0 Å². The Morgan fingerprint density at radius 3 is 2.45 bits per heavy atom. The van der Waals surface area contributed by atoms with Crippen LogP contribution in [-0.2, 0) is 14.3 Å². The lowest BCUT2D eigenvalue weighted by Crippen LogP contribution is -2.31. The van der Waals surface area contributed by atoms with Crippen LogP contribution in [0, 0.1) is 5.92 Å². The van der Waals surface area contributed by atoms with E-state index in [0.29, 0.717) is 0 Å². The number of carbonyl (C=O) groups excluding carboxylic acids is 2. The van der Waals surface area contributed by atoms with Gasteiger partial charge >= 0.3 is 11.9 Å². The minimum Gasteiger partial charge on any atom is -0.393 e. The predicted octanol–water partition coefficient (Wildman–Crippen LogP) is 0.0234. The van der Waals surface area contributed by atoms with E-state index in [0.717, 1.165) is 0 Å². The Bertz CT molecular complexity index is 205. The quantitative estimate of drug-likeness (QED) is 0.349. The number of hydrogen-bond donors (Lipinski definition) is 1. The molecule has 2 atom stereocenters. The van der Waals surface area contributed by atoms with E-state index in [-0.39, 0.29) is 6.42 Å². The lowest BCUT2D eigenvalue weighted by atomic mass is 10.0. The van der Waals surface area contributed by atoms with Crippen LogP contribution in [0.25, 0.3) is 0 Å². The Morgan fingerprint density at radius 1 is 1.73 bits per heavy atom. The summed E-state index contributed by atoms with van der Waals surface area (Å²) in [6.07, 6.45) is -0.144. The second-order valence-corrected chi connectivity index (χ2v) is 3.34. The number of halogens is 1. The van der Waals surface area contributed by atoms with Gasteiger partial charge in [-0.15, -0.1) is 0 Å². The average molecular weight is 179 g/mol. The van der Waals surface area contributed by atoms with E-state index in [2.05, 4.69) is 4.74 Å². The first-order valence-electron chi connectivity index (χ1n) is 3.07. The van der Waals surface area contributed by atoms with E-state index in [1.807, 2.05) is 0 Å². The summed E-state index contributed by atoms with van der Waals surface area (Å²) < 4.78 is 4.18. The average Bonchev–Trinajstić information content (AvgIpc) is 2.08. The summed E-state index contributed by atoms with van der Waals surface area (Å²) in [6.45, 7) is 1.25. The summed E-state index contributed by atoms with van der Waals surface area (Å²) >= 11 is 5.40. The molecule has 0 bridgehead atoms. The summed E-state index contributed by atoms with van der Waals surface area (Å²) in [5.74, 6) is -2.33. The van der Waals surface area contributed by atoms with Crippen LogP contribution >= 0.6 is 11.6 Å². The molecule has 0 aromatic heterocycles. The first kappa shape index (κ1) is 8.49. The zero-order chi connectivity index (χ0) is 8.65. The lowest BCUT2D eigenvalue weighted by molar-refractivity contribution is -0.154. The fourth-order valence-electron chi connectivity index (χ4n) is 0.876. The van der Waals surface area contributed by atoms with Gasteiger partial charge in [0.15, 0.2) is 0 Å². The lowest BCUT2D eigenvalue weighted by Gasteiger charge is -2.17. The smallest absolute Gasteiger partial charge is 0.321 e. The minimum absolute atomic E-state index is 0.144. The summed E-state index contributed by atoms with van der Waals surface area (Å²) in [6, 6.07) is 0. The molecule has 1 aliphatic rings. The van der Waals surface area contributed by atoms with E-state index in [1.54, 1.807) is 0 Å². The standard InChI is InChI=1S/C6H7ClO4/c1-6(7,10)3-2-4(8)11-5(3)9/h3,10H,2H2,1H3. The summed E-state index contributed by atoms with van der Waals surface area (Å²) in [7, 11) is 0. The van der Waals surface area contributed by atoms with Crippen LogP contribution in [0.5, 0.6) is 0 Å². The number of ether oxygens (including phenoxy) is 1. The van der Waals surface area contributed by atoms with Gasteiger partial charge in [0.1, 0.15) is 11.0 Å². The maximum atomic E-state index is 10.7. The third-order valence-electron chi connectivity index (χ3n) is 1.51. The Hall–Kier alpha value is -0.610. The van der Waals surface area contributed by atoms with Crippen molar-refractivity contribution >= 4 is 23.5 Å². The second-order valence-electron chi connectivity index (χ2n) is 2.57. The van der Waals surface area contributed by atoms with Gasteiger partial charge in [0.05, 0.1) is 6.42 Å². The largest absolute Gasteiger partial charge is 0.393 e. The number of carbonyl (C=O) groups is 2. The molecule has 0 aromatic rings. The third kappa shape index (κ3) is 1.70. The Labute approximate surface area is 68.1 Å². The van der Waals surface area contributed by atoms with Crippen molar-refractivity contribution in [2.24, 2.45) is 5.92 Å². The molecule has 0 aliphatic carbocycles. The molecule has 0 aromatic carbocycles. The summed E-state index contributed by atoms with van der Waals surface area (Å²) in [4.78, 5) is 21.2. The van der Waals surface area contributed by atoms with Gasteiger partial charge in [-0.25, -0.2) is 0 Å². The number of cyclic esters (lactones) is 2. The van der Waals surface area contributed by atoms with Crippen molar-refractivity contribution in [2.75, 3.05) is 0 Å².